The van der Waals surface area contributed by atoms with Crippen LogP contribution in [0.5, 0.6) is 5.75 Å². The molecule has 1 N–H and O–H groups in total. The number of rotatable bonds is 6. The van der Waals surface area contributed by atoms with Gasteiger partial charge in [-0.25, -0.2) is 0 Å². The van der Waals surface area contributed by atoms with Crippen LogP contribution in [0, 0.1) is 5.92 Å². The Morgan fingerprint density at radius 1 is 0.969 bits per heavy atom. The van der Waals surface area contributed by atoms with Crippen LogP contribution in [-0.2, 0) is 6.61 Å². The van der Waals surface area contributed by atoms with Gasteiger partial charge in [-0.15, -0.1) is 0 Å². The SMILES string of the molecule is O=C(NC1CN2CCC1CC2)c1ccc(=O)n(-c2ccccc2OCc2ccccc2)c1. The second kappa shape index (κ2) is 9.01. The van der Waals surface area contributed by atoms with Crippen molar-refractivity contribution in [3.8, 4) is 11.4 Å². The zero-order valence-corrected chi connectivity index (χ0v) is 17.9. The highest BCUT2D eigenvalue weighted by Crippen LogP contribution is 2.28. The van der Waals surface area contributed by atoms with Crippen LogP contribution in [0.25, 0.3) is 5.69 Å². The number of para-hydroxylation sites is 2. The van der Waals surface area contributed by atoms with E-state index in [2.05, 4.69) is 10.2 Å². The minimum atomic E-state index is -0.208. The summed E-state index contributed by atoms with van der Waals surface area (Å²) >= 11 is 0. The Balaban J connectivity index is 1.37. The van der Waals surface area contributed by atoms with E-state index < -0.39 is 0 Å². The van der Waals surface area contributed by atoms with Crippen molar-refractivity contribution in [1.29, 1.82) is 0 Å². The zero-order chi connectivity index (χ0) is 21.9. The molecule has 0 aliphatic carbocycles. The number of pyridine rings is 1. The fraction of sp³-hybridized carbons (Fsp3) is 0.308. The molecular formula is C26H27N3O3. The van der Waals surface area contributed by atoms with Gasteiger partial charge >= 0.3 is 0 Å². The number of benzene rings is 2. The smallest absolute Gasteiger partial charge is 0.255 e. The summed E-state index contributed by atoms with van der Waals surface area (Å²) < 4.78 is 7.51. The molecule has 32 heavy (non-hydrogen) atoms. The van der Waals surface area contributed by atoms with Crippen molar-refractivity contribution in [1.82, 2.24) is 14.8 Å². The third kappa shape index (κ3) is 4.32. The summed E-state index contributed by atoms with van der Waals surface area (Å²) in [5, 5.41) is 3.20. The first kappa shape index (κ1) is 20.5. The van der Waals surface area contributed by atoms with E-state index >= 15 is 0 Å². The van der Waals surface area contributed by atoms with Gasteiger partial charge in [-0.05, 0) is 55.6 Å². The van der Waals surface area contributed by atoms with Crippen molar-refractivity contribution in [3.63, 3.8) is 0 Å². The molecular weight excluding hydrogens is 402 g/mol. The number of hydrogen-bond acceptors (Lipinski definition) is 4. The maximum Gasteiger partial charge on any atom is 0.255 e. The van der Waals surface area contributed by atoms with E-state index in [1.807, 2.05) is 54.6 Å². The summed E-state index contributed by atoms with van der Waals surface area (Å²) in [7, 11) is 0. The van der Waals surface area contributed by atoms with Gasteiger partial charge in [0.05, 0.1) is 11.3 Å². The maximum absolute atomic E-state index is 13.0. The van der Waals surface area contributed by atoms with Crippen LogP contribution in [0.15, 0.2) is 77.7 Å². The predicted octanol–water partition coefficient (Wildman–Crippen LogP) is 3.24. The van der Waals surface area contributed by atoms with Crippen LogP contribution in [0.3, 0.4) is 0 Å². The van der Waals surface area contributed by atoms with Gasteiger partial charge in [-0.1, -0.05) is 42.5 Å². The van der Waals surface area contributed by atoms with E-state index in [1.165, 1.54) is 10.6 Å². The van der Waals surface area contributed by atoms with E-state index in [-0.39, 0.29) is 17.5 Å². The second-order valence-corrected chi connectivity index (χ2v) is 8.59. The fourth-order valence-electron chi connectivity index (χ4n) is 4.70. The molecule has 6 heteroatoms. The molecule has 1 atom stereocenters. The summed E-state index contributed by atoms with van der Waals surface area (Å²) in [6.07, 6.45) is 3.89. The standard InChI is InChI=1S/C26H27N3O3/c30-25-11-10-21(26(31)27-22-17-28-14-12-20(22)13-15-28)16-29(25)23-8-4-5-9-24(23)32-18-19-6-2-1-3-7-19/h1-11,16,20,22H,12-15,17-18H2,(H,27,31). The third-order valence-electron chi connectivity index (χ3n) is 6.51. The van der Waals surface area contributed by atoms with E-state index in [0.717, 1.165) is 38.0 Å². The Labute approximate surface area is 187 Å². The topological polar surface area (TPSA) is 63.6 Å². The van der Waals surface area contributed by atoms with Crippen molar-refractivity contribution in [3.05, 3.63) is 94.4 Å². The Morgan fingerprint density at radius 2 is 1.72 bits per heavy atom. The van der Waals surface area contributed by atoms with Gasteiger partial charge in [0.15, 0.2) is 0 Å². The first-order valence-corrected chi connectivity index (χ1v) is 11.2. The monoisotopic (exact) mass is 429 g/mol. The molecule has 3 aliphatic heterocycles. The lowest BCUT2D eigenvalue weighted by Crippen LogP contribution is -2.57. The molecule has 1 amide bonds. The highest BCUT2D eigenvalue weighted by molar-refractivity contribution is 5.94. The van der Waals surface area contributed by atoms with Crippen LogP contribution in [-0.4, -0.2) is 41.1 Å². The number of nitrogens with zero attached hydrogens (tertiary/aromatic N) is 2. The summed E-state index contributed by atoms with van der Waals surface area (Å²) in [4.78, 5) is 28.1. The third-order valence-corrected chi connectivity index (χ3v) is 6.51. The predicted molar refractivity (Wildman–Crippen MR) is 123 cm³/mol. The van der Waals surface area contributed by atoms with Crippen LogP contribution in [0.4, 0.5) is 0 Å². The van der Waals surface area contributed by atoms with Gasteiger partial charge in [0.2, 0.25) is 0 Å². The van der Waals surface area contributed by atoms with Crippen molar-refractivity contribution in [2.24, 2.45) is 5.92 Å². The quantitative estimate of drug-likeness (QED) is 0.654. The highest BCUT2D eigenvalue weighted by Gasteiger charge is 2.35. The van der Waals surface area contributed by atoms with Crippen molar-refractivity contribution >= 4 is 5.91 Å². The number of nitrogens with one attached hydrogen (secondary N) is 1. The molecule has 3 aliphatic rings. The van der Waals surface area contributed by atoms with Gasteiger partial charge in [0, 0.05) is 24.8 Å². The van der Waals surface area contributed by atoms with E-state index in [4.69, 9.17) is 4.74 Å². The lowest BCUT2D eigenvalue weighted by Gasteiger charge is -2.44. The molecule has 0 spiro atoms. The second-order valence-electron chi connectivity index (χ2n) is 8.59. The molecule has 3 fully saturated rings. The minimum absolute atomic E-state index is 0.139. The molecule has 6 rings (SSSR count). The molecule has 164 valence electrons. The number of ether oxygens (including phenoxy) is 1. The van der Waals surface area contributed by atoms with Crippen LogP contribution in [0.1, 0.15) is 28.8 Å². The maximum atomic E-state index is 13.0. The minimum Gasteiger partial charge on any atom is -0.487 e. The molecule has 2 aromatic carbocycles. The lowest BCUT2D eigenvalue weighted by atomic mass is 9.84. The molecule has 3 saturated heterocycles. The number of hydrogen-bond donors (Lipinski definition) is 1. The summed E-state index contributed by atoms with van der Waals surface area (Å²) in [6.45, 7) is 3.56. The van der Waals surface area contributed by atoms with E-state index in [9.17, 15) is 9.59 Å². The Kier molecular flexibility index (Phi) is 5.77. The van der Waals surface area contributed by atoms with Crippen molar-refractivity contribution < 1.29 is 9.53 Å². The van der Waals surface area contributed by atoms with Crippen LogP contribution in [0.2, 0.25) is 0 Å². The van der Waals surface area contributed by atoms with Crippen LogP contribution < -0.4 is 15.6 Å². The van der Waals surface area contributed by atoms with E-state index in [0.29, 0.717) is 29.5 Å². The van der Waals surface area contributed by atoms with Gasteiger partial charge in [0.25, 0.3) is 11.5 Å². The van der Waals surface area contributed by atoms with Gasteiger partial charge < -0.3 is 15.0 Å². The van der Waals surface area contributed by atoms with Crippen LogP contribution >= 0.6 is 0 Å². The normalized spacial score (nSPS) is 21.8. The Morgan fingerprint density at radius 3 is 2.47 bits per heavy atom. The molecule has 6 nitrogen and oxygen atoms in total. The molecule has 3 aromatic rings. The summed E-state index contributed by atoms with van der Waals surface area (Å²) in [5.41, 5.74) is 1.92. The first-order valence-electron chi connectivity index (χ1n) is 11.2. The number of amides is 1. The Hall–Kier alpha value is -3.38. The summed E-state index contributed by atoms with van der Waals surface area (Å²) in [6, 6.07) is 20.5. The Bertz CT molecular complexity index is 1150. The number of fused-ring (bicyclic) bond motifs is 3. The summed E-state index contributed by atoms with van der Waals surface area (Å²) in [5.74, 6) is 0.996. The molecule has 0 saturated carbocycles. The average molecular weight is 430 g/mol. The highest BCUT2D eigenvalue weighted by atomic mass is 16.5. The van der Waals surface area contributed by atoms with Crippen molar-refractivity contribution in [2.75, 3.05) is 19.6 Å². The largest absolute Gasteiger partial charge is 0.487 e. The number of aromatic nitrogens is 1. The fourth-order valence-corrected chi connectivity index (χ4v) is 4.70. The lowest BCUT2D eigenvalue weighted by molar-refractivity contribution is 0.0620. The molecule has 1 aromatic heterocycles. The molecule has 4 heterocycles. The molecule has 0 radical (unpaired) electrons. The van der Waals surface area contributed by atoms with Crippen molar-refractivity contribution in [2.45, 2.75) is 25.5 Å². The average Bonchev–Trinajstić information content (AvgIpc) is 2.85. The molecule has 2 bridgehead atoms. The first-order chi connectivity index (χ1) is 15.7. The number of piperidine rings is 3. The van der Waals surface area contributed by atoms with E-state index in [1.54, 1.807) is 12.3 Å². The van der Waals surface area contributed by atoms with Gasteiger partial charge in [0.1, 0.15) is 12.4 Å². The number of carbonyl (C=O) groups is 1. The molecule has 1 unspecified atom stereocenters. The van der Waals surface area contributed by atoms with Gasteiger partial charge in [-0.2, -0.15) is 0 Å². The zero-order valence-electron chi connectivity index (χ0n) is 17.9. The number of carbonyl (C=O) groups excluding carboxylic acids is 1. The van der Waals surface area contributed by atoms with Gasteiger partial charge in [-0.3, -0.25) is 14.2 Å².